The van der Waals surface area contributed by atoms with E-state index in [1.807, 2.05) is 11.8 Å². The molecule has 0 heterocycles. The largest absolute Gasteiger partial charge is 0.327 e. The van der Waals surface area contributed by atoms with E-state index >= 15 is 0 Å². The van der Waals surface area contributed by atoms with Gasteiger partial charge in [-0.25, -0.2) is 0 Å². The highest BCUT2D eigenvalue weighted by molar-refractivity contribution is 7.99. The van der Waals surface area contributed by atoms with Crippen molar-refractivity contribution in [2.24, 2.45) is 5.73 Å². The summed E-state index contributed by atoms with van der Waals surface area (Å²) in [7, 11) is 0. The Bertz CT molecular complexity index is 115. The van der Waals surface area contributed by atoms with Crippen molar-refractivity contribution in [3.63, 3.8) is 0 Å². The fraction of sp³-hybridized carbons (Fsp3) is 1.00. The van der Waals surface area contributed by atoms with Crippen molar-refractivity contribution in [3.8, 4) is 0 Å². The minimum atomic E-state index is 0.420. The van der Waals surface area contributed by atoms with Crippen LogP contribution in [0.25, 0.3) is 0 Å². The second kappa shape index (κ2) is 9.85. The monoisotopic (exact) mass is 217 g/mol. The maximum atomic E-state index is 6.02. The zero-order chi connectivity index (χ0) is 10.8. The zero-order valence-corrected chi connectivity index (χ0v) is 10.9. The molecule has 0 saturated heterocycles. The van der Waals surface area contributed by atoms with E-state index in [2.05, 4.69) is 20.8 Å². The molecule has 0 aliphatic carbocycles. The first-order valence-electron chi connectivity index (χ1n) is 6.04. The molecule has 0 rings (SSSR count). The van der Waals surface area contributed by atoms with Gasteiger partial charge in [0.1, 0.15) is 0 Å². The van der Waals surface area contributed by atoms with Gasteiger partial charge in [-0.05, 0) is 11.7 Å². The third kappa shape index (κ3) is 10.4. The van der Waals surface area contributed by atoms with E-state index < -0.39 is 0 Å². The van der Waals surface area contributed by atoms with E-state index in [4.69, 9.17) is 5.73 Å². The fourth-order valence-electron chi connectivity index (χ4n) is 1.41. The number of nitrogens with two attached hydrogens (primary N) is 1. The third-order valence-corrected chi connectivity index (χ3v) is 3.61. The molecule has 0 amide bonds. The predicted molar refractivity (Wildman–Crippen MR) is 68.9 cm³/mol. The molecule has 0 radical (unpaired) electrons. The summed E-state index contributed by atoms with van der Waals surface area (Å²) in [6, 6.07) is 0.420. The van der Waals surface area contributed by atoms with Crippen molar-refractivity contribution in [1.82, 2.24) is 0 Å². The lowest BCUT2D eigenvalue weighted by atomic mass is 10.1. The van der Waals surface area contributed by atoms with Crippen molar-refractivity contribution >= 4 is 11.8 Å². The standard InChI is InChI=1S/C12H27NS/c1-4-5-6-7-8-9-12(13)10-14-11(2)3/h11-12H,4-10,13H2,1-3H3. The van der Waals surface area contributed by atoms with Crippen LogP contribution in [0.3, 0.4) is 0 Å². The average molecular weight is 217 g/mol. The van der Waals surface area contributed by atoms with Gasteiger partial charge in [-0.2, -0.15) is 11.8 Å². The normalized spacial score (nSPS) is 13.5. The molecule has 1 atom stereocenters. The van der Waals surface area contributed by atoms with Gasteiger partial charge in [-0.3, -0.25) is 0 Å². The molecule has 1 unspecified atom stereocenters. The van der Waals surface area contributed by atoms with E-state index in [1.54, 1.807) is 0 Å². The highest BCUT2D eigenvalue weighted by Gasteiger charge is 2.03. The lowest BCUT2D eigenvalue weighted by Gasteiger charge is -2.12. The van der Waals surface area contributed by atoms with Crippen LogP contribution >= 0.6 is 11.8 Å². The molecule has 0 aromatic carbocycles. The van der Waals surface area contributed by atoms with E-state index in [0.717, 1.165) is 11.0 Å². The van der Waals surface area contributed by atoms with Crippen LogP contribution in [0.4, 0.5) is 0 Å². The van der Waals surface area contributed by atoms with Crippen LogP contribution in [0.1, 0.15) is 59.3 Å². The maximum absolute atomic E-state index is 6.02. The molecule has 0 aromatic rings. The van der Waals surface area contributed by atoms with Crippen LogP contribution in [0.2, 0.25) is 0 Å². The topological polar surface area (TPSA) is 26.0 Å². The summed E-state index contributed by atoms with van der Waals surface area (Å²) < 4.78 is 0. The zero-order valence-electron chi connectivity index (χ0n) is 10.1. The van der Waals surface area contributed by atoms with Crippen molar-refractivity contribution in [2.75, 3.05) is 5.75 Å². The molecule has 0 saturated carbocycles. The molecule has 14 heavy (non-hydrogen) atoms. The van der Waals surface area contributed by atoms with Gasteiger partial charge in [0.2, 0.25) is 0 Å². The Morgan fingerprint density at radius 3 is 2.29 bits per heavy atom. The molecule has 86 valence electrons. The van der Waals surface area contributed by atoms with Crippen molar-refractivity contribution in [2.45, 2.75) is 70.6 Å². The summed E-state index contributed by atoms with van der Waals surface area (Å²) in [5.74, 6) is 1.13. The van der Waals surface area contributed by atoms with E-state index in [9.17, 15) is 0 Å². The van der Waals surface area contributed by atoms with Gasteiger partial charge in [0.15, 0.2) is 0 Å². The predicted octanol–water partition coefficient (Wildman–Crippen LogP) is 3.82. The first-order chi connectivity index (χ1) is 6.66. The fourth-order valence-corrected chi connectivity index (χ4v) is 2.21. The summed E-state index contributed by atoms with van der Waals surface area (Å²) in [6.07, 6.45) is 8.00. The van der Waals surface area contributed by atoms with Crippen molar-refractivity contribution in [3.05, 3.63) is 0 Å². The molecule has 1 nitrogen and oxygen atoms in total. The molecule has 2 heteroatoms. The second-order valence-corrected chi connectivity index (χ2v) is 5.95. The molecule has 0 bridgehead atoms. The number of rotatable bonds is 9. The maximum Gasteiger partial charge on any atom is 0.0130 e. The molecule has 0 aromatic heterocycles. The molecule has 0 aliphatic rings. The van der Waals surface area contributed by atoms with Gasteiger partial charge in [0, 0.05) is 11.8 Å². The summed E-state index contributed by atoms with van der Waals surface area (Å²) in [4.78, 5) is 0. The lowest BCUT2D eigenvalue weighted by molar-refractivity contribution is 0.566. The molecule has 0 fully saturated rings. The highest BCUT2D eigenvalue weighted by Crippen LogP contribution is 2.13. The van der Waals surface area contributed by atoms with E-state index in [0.29, 0.717) is 6.04 Å². The van der Waals surface area contributed by atoms with Crippen LogP contribution in [-0.4, -0.2) is 17.0 Å². The first-order valence-corrected chi connectivity index (χ1v) is 7.08. The quantitative estimate of drug-likeness (QED) is 0.594. The molecular weight excluding hydrogens is 190 g/mol. The second-order valence-electron chi connectivity index (χ2n) is 4.35. The van der Waals surface area contributed by atoms with Gasteiger partial charge in [0.25, 0.3) is 0 Å². The van der Waals surface area contributed by atoms with E-state index in [-0.39, 0.29) is 0 Å². The minimum absolute atomic E-state index is 0.420. The number of unbranched alkanes of at least 4 members (excludes halogenated alkanes) is 4. The Labute approximate surface area is 94.2 Å². The molecule has 0 aliphatic heterocycles. The van der Waals surface area contributed by atoms with Gasteiger partial charge >= 0.3 is 0 Å². The van der Waals surface area contributed by atoms with Crippen molar-refractivity contribution in [1.29, 1.82) is 0 Å². The first kappa shape index (κ1) is 14.3. The number of hydrogen-bond acceptors (Lipinski definition) is 2. The Morgan fingerprint density at radius 1 is 1.07 bits per heavy atom. The van der Waals surface area contributed by atoms with Crippen LogP contribution < -0.4 is 5.73 Å². The minimum Gasteiger partial charge on any atom is -0.327 e. The summed E-state index contributed by atoms with van der Waals surface area (Å²) in [6.45, 7) is 6.72. The number of thioether (sulfide) groups is 1. The van der Waals surface area contributed by atoms with Crippen LogP contribution in [0, 0.1) is 0 Å². The third-order valence-electron chi connectivity index (χ3n) is 2.32. The average Bonchev–Trinajstić information content (AvgIpc) is 2.14. The Kier molecular flexibility index (Phi) is 10.1. The van der Waals surface area contributed by atoms with Gasteiger partial charge in [-0.15, -0.1) is 0 Å². The Morgan fingerprint density at radius 2 is 1.71 bits per heavy atom. The van der Waals surface area contributed by atoms with Gasteiger partial charge < -0.3 is 5.73 Å². The summed E-state index contributed by atoms with van der Waals surface area (Å²) >= 11 is 1.98. The van der Waals surface area contributed by atoms with E-state index in [1.165, 1.54) is 38.5 Å². The summed E-state index contributed by atoms with van der Waals surface area (Å²) in [5.41, 5.74) is 6.02. The van der Waals surface area contributed by atoms with Crippen LogP contribution in [0.15, 0.2) is 0 Å². The molecule has 0 spiro atoms. The Balaban J connectivity index is 3.14. The van der Waals surface area contributed by atoms with Gasteiger partial charge in [-0.1, -0.05) is 52.9 Å². The molecule has 2 N–H and O–H groups in total. The van der Waals surface area contributed by atoms with Crippen molar-refractivity contribution < 1.29 is 0 Å². The smallest absolute Gasteiger partial charge is 0.0130 e. The Hall–Kier alpha value is 0.310. The lowest BCUT2D eigenvalue weighted by Crippen LogP contribution is -2.23. The molecular formula is C12H27NS. The van der Waals surface area contributed by atoms with Crippen LogP contribution in [-0.2, 0) is 0 Å². The summed E-state index contributed by atoms with van der Waals surface area (Å²) in [5, 5.41) is 0.723. The van der Waals surface area contributed by atoms with Crippen LogP contribution in [0.5, 0.6) is 0 Å². The van der Waals surface area contributed by atoms with Gasteiger partial charge in [0.05, 0.1) is 0 Å². The highest BCUT2D eigenvalue weighted by atomic mass is 32.2. The SMILES string of the molecule is CCCCCCCC(N)CSC(C)C. The number of hydrogen-bond donors (Lipinski definition) is 1.